The van der Waals surface area contributed by atoms with Crippen molar-refractivity contribution in [3.05, 3.63) is 17.4 Å². The summed E-state index contributed by atoms with van der Waals surface area (Å²) in [6, 6.07) is 0.973. The van der Waals surface area contributed by atoms with Crippen molar-refractivity contribution in [2.45, 2.75) is 13.0 Å². The highest BCUT2D eigenvalue weighted by molar-refractivity contribution is 5.52. The summed E-state index contributed by atoms with van der Waals surface area (Å²) in [6.45, 7) is 1.64. The molecule has 4 nitrogen and oxygen atoms in total. The van der Waals surface area contributed by atoms with Gasteiger partial charge in [0.2, 0.25) is 11.6 Å². The Morgan fingerprint density at radius 2 is 2.00 bits per heavy atom. The number of benzene rings is 1. The molecule has 0 aliphatic carbocycles. The molecule has 0 radical (unpaired) electrons. The molecule has 0 heterocycles. The van der Waals surface area contributed by atoms with Gasteiger partial charge in [-0.1, -0.05) is 0 Å². The van der Waals surface area contributed by atoms with Crippen molar-refractivity contribution in [2.75, 3.05) is 14.2 Å². The Labute approximate surface area is 87.4 Å². The first kappa shape index (κ1) is 11.6. The Hall–Kier alpha value is -1.49. The molecule has 0 fully saturated rings. The van der Waals surface area contributed by atoms with Crippen LogP contribution in [0.25, 0.3) is 0 Å². The maximum Gasteiger partial charge on any atom is 0.210 e. The van der Waals surface area contributed by atoms with E-state index in [1.54, 1.807) is 6.92 Å². The first-order valence-corrected chi connectivity index (χ1v) is 4.41. The molecule has 84 valence electrons. The average molecular weight is 215 g/mol. The fraction of sp³-hybridized carbons (Fsp3) is 0.400. The van der Waals surface area contributed by atoms with Crippen molar-refractivity contribution < 1.29 is 19.0 Å². The van der Waals surface area contributed by atoms with Crippen molar-refractivity contribution in [1.82, 2.24) is 0 Å². The van der Waals surface area contributed by atoms with Gasteiger partial charge in [0.25, 0.3) is 0 Å². The van der Waals surface area contributed by atoms with E-state index in [1.165, 1.54) is 20.3 Å². The van der Waals surface area contributed by atoms with Gasteiger partial charge in [-0.3, -0.25) is 0 Å². The third kappa shape index (κ3) is 1.97. The zero-order chi connectivity index (χ0) is 11.6. The lowest BCUT2D eigenvalue weighted by Crippen LogP contribution is -2.07. The van der Waals surface area contributed by atoms with Gasteiger partial charge in [0.1, 0.15) is 0 Å². The van der Waals surface area contributed by atoms with E-state index in [2.05, 4.69) is 0 Å². The molecule has 0 aromatic heterocycles. The summed E-state index contributed by atoms with van der Waals surface area (Å²) in [5.41, 5.74) is 5.86. The summed E-state index contributed by atoms with van der Waals surface area (Å²) in [7, 11) is 2.69. The zero-order valence-corrected chi connectivity index (χ0v) is 8.87. The lowest BCUT2D eigenvalue weighted by atomic mass is 10.1. The molecule has 0 bridgehead atoms. The topological polar surface area (TPSA) is 64.7 Å². The Kier molecular flexibility index (Phi) is 3.36. The SMILES string of the molecule is COc1cc(C(C)N)c(O)c(F)c1OC. The van der Waals surface area contributed by atoms with Crippen LogP contribution >= 0.6 is 0 Å². The number of methoxy groups -OCH3 is 2. The molecule has 0 aliphatic rings. The van der Waals surface area contributed by atoms with Crippen molar-refractivity contribution in [3.8, 4) is 17.2 Å². The number of aromatic hydroxyl groups is 1. The highest BCUT2D eigenvalue weighted by atomic mass is 19.1. The molecule has 0 aliphatic heterocycles. The van der Waals surface area contributed by atoms with Crippen LogP contribution in [-0.2, 0) is 0 Å². The zero-order valence-electron chi connectivity index (χ0n) is 8.87. The third-order valence-corrected chi connectivity index (χ3v) is 2.11. The number of hydrogen-bond acceptors (Lipinski definition) is 4. The second-order valence-electron chi connectivity index (χ2n) is 3.15. The fourth-order valence-electron chi connectivity index (χ4n) is 1.31. The van der Waals surface area contributed by atoms with E-state index < -0.39 is 17.6 Å². The Balaban J connectivity index is 3.42. The largest absolute Gasteiger partial charge is 0.504 e. The molecule has 0 saturated heterocycles. The van der Waals surface area contributed by atoms with Gasteiger partial charge in [-0.2, -0.15) is 4.39 Å². The number of rotatable bonds is 3. The minimum absolute atomic E-state index is 0.126. The van der Waals surface area contributed by atoms with Crippen LogP contribution in [0.15, 0.2) is 6.07 Å². The van der Waals surface area contributed by atoms with Crippen LogP contribution in [0.2, 0.25) is 0 Å². The van der Waals surface area contributed by atoms with E-state index in [4.69, 9.17) is 15.2 Å². The number of halogens is 1. The minimum Gasteiger partial charge on any atom is -0.504 e. The first-order valence-electron chi connectivity index (χ1n) is 4.41. The Morgan fingerprint density at radius 1 is 1.40 bits per heavy atom. The minimum atomic E-state index is -0.857. The van der Waals surface area contributed by atoms with Crippen molar-refractivity contribution >= 4 is 0 Å². The van der Waals surface area contributed by atoms with E-state index in [0.29, 0.717) is 0 Å². The van der Waals surface area contributed by atoms with Crippen LogP contribution in [-0.4, -0.2) is 19.3 Å². The van der Waals surface area contributed by atoms with E-state index in [9.17, 15) is 9.50 Å². The number of phenolic OH excluding ortho intramolecular Hbond substituents is 1. The molecule has 0 spiro atoms. The molecule has 15 heavy (non-hydrogen) atoms. The van der Waals surface area contributed by atoms with Gasteiger partial charge in [0.15, 0.2) is 11.5 Å². The summed E-state index contributed by atoms with van der Waals surface area (Å²) in [5.74, 6) is -1.27. The molecule has 1 atom stereocenters. The molecule has 1 rings (SSSR count). The molecule has 5 heteroatoms. The summed E-state index contributed by atoms with van der Waals surface area (Å²) < 4.78 is 23.3. The van der Waals surface area contributed by atoms with Gasteiger partial charge >= 0.3 is 0 Å². The standard InChI is InChI=1S/C10H14FNO3/c1-5(12)6-4-7(14-2)10(15-3)8(11)9(6)13/h4-5,13H,12H2,1-3H3. The highest BCUT2D eigenvalue weighted by Crippen LogP contribution is 2.39. The Bertz CT molecular complexity index is 366. The normalized spacial score (nSPS) is 12.3. The van der Waals surface area contributed by atoms with Crippen LogP contribution in [0, 0.1) is 5.82 Å². The first-order chi connectivity index (χ1) is 7.02. The predicted octanol–water partition coefficient (Wildman–Crippen LogP) is 1.57. The van der Waals surface area contributed by atoms with Crippen LogP contribution in [0.3, 0.4) is 0 Å². The molecular formula is C10H14FNO3. The maximum absolute atomic E-state index is 13.6. The average Bonchev–Trinajstić information content (AvgIpc) is 2.21. The number of hydrogen-bond donors (Lipinski definition) is 2. The summed E-state index contributed by atoms with van der Waals surface area (Å²) in [4.78, 5) is 0. The van der Waals surface area contributed by atoms with Crippen molar-refractivity contribution in [3.63, 3.8) is 0 Å². The molecule has 1 aromatic rings. The summed E-state index contributed by atoms with van der Waals surface area (Å²) >= 11 is 0. The smallest absolute Gasteiger partial charge is 0.210 e. The van der Waals surface area contributed by atoms with Crippen LogP contribution in [0.5, 0.6) is 17.2 Å². The van der Waals surface area contributed by atoms with Gasteiger partial charge in [0, 0.05) is 11.6 Å². The summed E-state index contributed by atoms with van der Waals surface area (Å²) in [6.07, 6.45) is 0. The van der Waals surface area contributed by atoms with Gasteiger partial charge in [-0.05, 0) is 13.0 Å². The molecule has 1 unspecified atom stereocenters. The molecule has 0 amide bonds. The maximum atomic E-state index is 13.6. The third-order valence-electron chi connectivity index (χ3n) is 2.11. The van der Waals surface area contributed by atoms with E-state index in [0.717, 1.165) is 0 Å². The monoisotopic (exact) mass is 215 g/mol. The van der Waals surface area contributed by atoms with E-state index >= 15 is 0 Å². The molecule has 0 saturated carbocycles. The van der Waals surface area contributed by atoms with Crippen LogP contribution < -0.4 is 15.2 Å². The lowest BCUT2D eigenvalue weighted by Gasteiger charge is -2.14. The van der Waals surface area contributed by atoms with Crippen LogP contribution in [0.4, 0.5) is 4.39 Å². The fourth-order valence-corrected chi connectivity index (χ4v) is 1.31. The number of ether oxygens (including phenoxy) is 2. The van der Waals surface area contributed by atoms with Crippen LogP contribution in [0.1, 0.15) is 18.5 Å². The van der Waals surface area contributed by atoms with E-state index in [-0.39, 0.29) is 17.1 Å². The second-order valence-corrected chi connectivity index (χ2v) is 3.15. The van der Waals surface area contributed by atoms with Gasteiger partial charge < -0.3 is 20.3 Å². The van der Waals surface area contributed by atoms with Gasteiger partial charge in [-0.15, -0.1) is 0 Å². The molecule has 3 N–H and O–H groups in total. The van der Waals surface area contributed by atoms with Gasteiger partial charge in [-0.25, -0.2) is 0 Å². The number of phenols is 1. The molecular weight excluding hydrogens is 201 g/mol. The molecule has 1 aromatic carbocycles. The van der Waals surface area contributed by atoms with Gasteiger partial charge in [0.05, 0.1) is 14.2 Å². The predicted molar refractivity (Wildman–Crippen MR) is 53.8 cm³/mol. The van der Waals surface area contributed by atoms with Crippen molar-refractivity contribution in [2.24, 2.45) is 5.73 Å². The van der Waals surface area contributed by atoms with Crippen molar-refractivity contribution in [1.29, 1.82) is 0 Å². The Morgan fingerprint density at radius 3 is 2.40 bits per heavy atom. The highest BCUT2D eigenvalue weighted by Gasteiger charge is 2.20. The second kappa shape index (κ2) is 4.35. The van der Waals surface area contributed by atoms with E-state index in [1.807, 2.05) is 0 Å². The summed E-state index contributed by atoms with van der Waals surface area (Å²) in [5, 5.41) is 9.51. The quantitative estimate of drug-likeness (QED) is 0.803. The lowest BCUT2D eigenvalue weighted by molar-refractivity contribution is 0.323. The number of nitrogens with two attached hydrogens (primary N) is 1.